The largest absolute Gasteiger partial charge is 0.507 e. The van der Waals surface area contributed by atoms with Crippen molar-refractivity contribution in [3.05, 3.63) is 33.9 Å². The molecule has 0 fully saturated rings. The van der Waals surface area contributed by atoms with Crippen LogP contribution in [-0.2, 0) is 22.6 Å². The first-order valence-corrected chi connectivity index (χ1v) is 9.81. The average Bonchev–Trinajstić information content (AvgIpc) is 3.04. The first-order valence-electron chi connectivity index (χ1n) is 9.81. The molecule has 2 rings (SSSR count). The highest BCUT2D eigenvalue weighted by atomic mass is 16.5. The summed E-state index contributed by atoms with van der Waals surface area (Å²) < 4.78 is 10.5. The van der Waals surface area contributed by atoms with E-state index >= 15 is 0 Å². The van der Waals surface area contributed by atoms with Gasteiger partial charge in [-0.3, -0.25) is 4.79 Å². The number of carboxylic acid groups (broad SMARTS) is 1. The lowest BCUT2D eigenvalue weighted by molar-refractivity contribution is -0.139. The van der Waals surface area contributed by atoms with Crippen LogP contribution in [0.1, 0.15) is 66.6 Å². The van der Waals surface area contributed by atoms with E-state index in [2.05, 4.69) is 0 Å². The number of carboxylic acids is 1. The zero-order valence-electron chi connectivity index (χ0n) is 17.4. The van der Waals surface area contributed by atoms with E-state index in [1.54, 1.807) is 0 Å². The van der Waals surface area contributed by atoms with Crippen molar-refractivity contribution in [2.75, 3.05) is 7.11 Å². The van der Waals surface area contributed by atoms with Crippen molar-refractivity contribution in [2.24, 2.45) is 5.92 Å². The van der Waals surface area contributed by atoms with Crippen LogP contribution in [-0.4, -0.2) is 40.5 Å². The Bertz CT molecular complexity index is 810. The molecule has 0 bridgehead atoms. The van der Waals surface area contributed by atoms with Crippen LogP contribution >= 0.6 is 0 Å². The molecule has 0 aromatic heterocycles. The number of allylic oxidation sites excluding steroid dienone is 2. The Labute approximate surface area is 171 Å². The number of benzene rings is 1. The third-order valence-electron chi connectivity index (χ3n) is 5.57. The number of cyclic esters (lactones) is 1. The number of phenols is 1. The van der Waals surface area contributed by atoms with Gasteiger partial charge in [0.05, 0.1) is 19.6 Å². The van der Waals surface area contributed by atoms with Gasteiger partial charge in [0.2, 0.25) is 0 Å². The van der Waals surface area contributed by atoms with Crippen LogP contribution in [0.15, 0.2) is 11.6 Å². The van der Waals surface area contributed by atoms with E-state index in [1.807, 2.05) is 26.8 Å². The minimum absolute atomic E-state index is 0.0839. The summed E-state index contributed by atoms with van der Waals surface area (Å²) in [4.78, 5) is 22.6. The van der Waals surface area contributed by atoms with Gasteiger partial charge in [-0.05, 0) is 51.0 Å². The second kappa shape index (κ2) is 9.78. The van der Waals surface area contributed by atoms with Gasteiger partial charge in [-0.15, -0.1) is 0 Å². The summed E-state index contributed by atoms with van der Waals surface area (Å²) in [5, 5.41) is 29.2. The molecular formula is C22H30O7. The first-order chi connectivity index (χ1) is 13.7. The molecule has 7 heteroatoms. The number of aliphatic hydroxyl groups excluding tert-OH is 1. The van der Waals surface area contributed by atoms with Crippen LogP contribution in [0.5, 0.6) is 11.5 Å². The molecule has 0 amide bonds. The molecule has 2 atom stereocenters. The lowest BCUT2D eigenvalue weighted by Crippen LogP contribution is -2.21. The number of aliphatic hydroxyl groups is 1. The fraction of sp³-hybridized carbons (Fsp3) is 0.545. The van der Waals surface area contributed by atoms with E-state index in [0.717, 1.165) is 30.4 Å². The lowest BCUT2D eigenvalue weighted by Gasteiger charge is -2.17. The van der Waals surface area contributed by atoms with Crippen LogP contribution in [0, 0.1) is 12.8 Å². The summed E-state index contributed by atoms with van der Waals surface area (Å²) in [6.45, 7) is 5.83. The Balaban J connectivity index is 2.04. The van der Waals surface area contributed by atoms with E-state index in [9.17, 15) is 19.8 Å². The molecular weight excluding hydrogens is 376 g/mol. The molecule has 160 valence electrons. The molecule has 1 aromatic carbocycles. The maximum absolute atomic E-state index is 12.0. The van der Waals surface area contributed by atoms with Crippen molar-refractivity contribution < 1.29 is 34.4 Å². The molecule has 0 saturated heterocycles. The number of fused-ring (bicyclic) bond motifs is 1. The molecule has 3 N–H and O–H groups in total. The Hall–Kier alpha value is -2.54. The zero-order valence-corrected chi connectivity index (χ0v) is 17.4. The number of methoxy groups -OCH3 is 1. The summed E-state index contributed by atoms with van der Waals surface area (Å²) in [6.07, 6.45) is 3.65. The SMILES string of the molecule is COc1c(C)c2c(c(O)c1CC=C(C)CCC[C@@H](C)[C@@H](O)CC(=O)O)C(=O)OC2. The Morgan fingerprint density at radius 3 is 2.69 bits per heavy atom. The van der Waals surface area contributed by atoms with Crippen molar-refractivity contribution in [3.63, 3.8) is 0 Å². The number of hydrogen-bond acceptors (Lipinski definition) is 6. The van der Waals surface area contributed by atoms with Gasteiger partial charge in [-0.1, -0.05) is 18.6 Å². The molecule has 29 heavy (non-hydrogen) atoms. The summed E-state index contributed by atoms with van der Waals surface area (Å²) in [6, 6.07) is 0. The number of phenolic OH excluding ortho intramolecular Hbond substituents is 1. The van der Waals surface area contributed by atoms with Crippen LogP contribution in [0.25, 0.3) is 0 Å². The summed E-state index contributed by atoms with van der Waals surface area (Å²) in [7, 11) is 1.54. The third kappa shape index (κ3) is 5.29. The first kappa shape index (κ1) is 22.7. The van der Waals surface area contributed by atoms with Gasteiger partial charge in [-0.25, -0.2) is 4.79 Å². The van der Waals surface area contributed by atoms with Gasteiger partial charge >= 0.3 is 11.9 Å². The molecule has 0 aliphatic carbocycles. The molecule has 0 spiro atoms. The van der Waals surface area contributed by atoms with Crippen molar-refractivity contribution >= 4 is 11.9 Å². The fourth-order valence-corrected chi connectivity index (χ4v) is 3.68. The number of aliphatic carboxylic acids is 1. The van der Waals surface area contributed by atoms with Gasteiger partial charge in [0.25, 0.3) is 0 Å². The molecule has 0 saturated carbocycles. The normalized spacial score (nSPS) is 15.6. The quantitative estimate of drug-likeness (QED) is 0.402. The topological polar surface area (TPSA) is 113 Å². The van der Waals surface area contributed by atoms with Gasteiger partial charge in [0, 0.05) is 11.1 Å². The van der Waals surface area contributed by atoms with Crippen LogP contribution in [0.2, 0.25) is 0 Å². The van der Waals surface area contributed by atoms with Gasteiger partial charge < -0.3 is 24.8 Å². The smallest absolute Gasteiger partial charge is 0.342 e. The second-order valence-corrected chi connectivity index (χ2v) is 7.70. The molecule has 1 aliphatic rings. The molecule has 1 heterocycles. The standard InChI is InChI=1S/C22H30O7/c1-12(6-5-7-13(2)17(23)10-18(24)25)8-9-15-20(26)19-16(11-29-22(19)27)14(3)21(15)28-4/h8,13,17,23,26H,5-7,9-11H2,1-4H3,(H,24,25)/t13-,17+/m1/s1. The van der Waals surface area contributed by atoms with E-state index in [-0.39, 0.29) is 30.3 Å². The Kier molecular flexibility index (Phi) is 7.67. The van der Waals surface area contributed by atoms with Crippen LogP contribution in [0.4, 0.5) is 0 Å². The Morgan fingerprint density at radius 1 is 1.38 bits per heavy atom. The summed E-state index contributed by atoms with van der Waals surface area (Å²) >= 11 is 0. The summed E-state index contributed by atoms with van der Waals surface area (Å²) in [5.74, 6) is -1.12. The van der Waals surface area contributed by atoms with Crippen molar-refractivity contribution in [1.29, 1.82) is 0 Å². The monoisotopic (exact) mass is 406 g/mol. The predicted octanol–water partition coefficient (Wildman–Crippen LogP) is 3.51. The number of carbonyl (C=O) groups excluding carboxylic acids is 1. The minimum Gasteiger partial charge on any atom is -0.507 e. The molecule has 1 aliphatic heterocycles. The number of rotatable bonds is 10. The number of esters is 1. The summed E-state index contributed by atoms with van der Waals surface area (Å²) in [5.41, 5.74) is 3.36. The molecule has 0 radical (unpaired) electrons. The average molecular weight is 406 g/mol. The number of aromatic hydroxyl groups is 1. The van der Waals surface area contributed by atoms with Crippen LogP contribution < -0.4 is 4.74 Å². The Morgan fingerprint density at radius 2 is 2.07 bits per heavy atom. The number of hydrogen-bond donors (Lipinski definition) is 3. The fourth-order valence-electron chi connectivity index (χ4n) is 3.68. The maximum atomic E-state index is 12.0. The molecule has 7 nitrogen and oxygen atoms in total. The van der Waals surface area contributed by atoms with E-state index in [0.29, 0.717) is 23.3 Å². The van der Waals surface area contributed by atoms with Crippen molar-refractivity contribution in [1.82, 2.24) is 0 Å². The molecule has 0 unspecified atom stereocenters. The third-order valence-corrected chi connectivity index (χ3v) is 5.57. The van der Waals surface area contributed by atoms with Gasteiger partial charge in [-0.2, -0.15) is 0 Å². The predicted molar refractivity (Wildman–Crippen MR) is 107 cm³/mol. The van der Waals surface area contributed by atoms with Gasteiger partial charge in [0.1, 0.15) is 23.7 Å². The van der Waals surface area contributed by atoms with Crippen molar-refractivity contribution in [3.8, 4) is 11.5 Å². The van der Waals surface area contributed by atoms with Crippen LogP contribution in [0.3, 0.4) is 0 Å². The maximum Gasteiger partial charge on any atom is 0.342 e. The van der Waals surface area contributed by atoms with E-state index < -0.39 is 18.0 Å². The number of carbonyl (C=O) groups is 2. The molecule has 1 aromatic rings. The lowest BCUT2D eigenvalue weighted by atomic mass is 9.93. The highest BCUT2D eigenvalue weighted by molar-refractivity contribution is 5.98. The van der Waals surface area contributed by atoms with Gasteiger partial charge in [0.15, 0.2) is 0 Å². The minimum atomic E-state index is -0.997. The highest BCUT2D eigenvalue weighted by Gasteiger charge is 2.31. The van der Waals surface area contributed by atoms with Crippen molar-refractivity contribution in [2.45, 2.75) is 65.6 Å². The zero-order chi connectivity index (χ0) is 21.7. The van der Waals surface area contributed by atoms with E-state index in [1.165, 1.54) is 7.11 Å². The number of ether oxygens (including phenoxy) is 2. The van der Waals surface area contributed by atoms with E-state index in [4.69, 9.17) is 14.6 Å². The highest BCUT2D eigenvalue weighted by Crippen LogP contribution is 2.42. The second-order valence-electron chi connectivity index (χ2n) is 7.70.